The monoisotopic (exact) mass is 435 g/mol. The van der Waals surface area contributed by atoms with Crippen molar-refractivity contribution in [3.05, 3.63) is 59.2 Å². The Morgan fingerprint density at radius 3 is 2.56 bits per heavy atom. The molecule has 32 heavy (non-hydrogen) atoms. The van der Waals surface area contributed by atoms with Crippen LogP contribution in [0.3, 0.4) is 0 Å². The second-order valence-corrected chi connectivity index (χ2v) is 8.79. The second kappa shape index (κ2) is 9.74. The number of rotatable bonds is 6. The lowest BCUT2D eigenvalue weighted by molar-refractivity contribution is -0.135. The molecule has 2 aliphatic rings. The molecule has 2 aromatic rings. The molecule has 6 nitrogen and oxygen atoms in total. The molecule has 2 heterocycles. The number of amides is 1. The van der Waals surface area contributed by atoms with Crippen LogP contribution in [0.2, 0.25) is 0 Å². The maximum Gasteiger partial charge on any atom is 0.257 e. The number of ether oxygens (including phenoxy) is 2. The molecule has 0 aliphatic carbocycles. The lowest BCUT2D eigenvalue weighted by Crippen LogP contribution is -2.44. The molecule has 6 heteroatoms. The molecule has 2 aromatic carbocycles. The van der Waals surface area contributed by atoms with Crippen molar-refractivity contribution in [2.75, 3.05) is 27.3 Å². The largest absolute Gasteiger partial charge is 0.497 e. The molecule has 1 saturated heterocycles. The Hall–Kier alpha value is -2.86. The van der Waals surface area contributed by atoms with Crippen molar-refractivity contribution in [2.24, 2.45) is 5.10 Å². The molecule has 0 aromatic heterocycles. The number of nitrogens with zero attached hydrogens (tertiary/aromatic N) is 3. The summed E-state index contributed by atoms with van der Waals surface area (Å²) < 4.78 is 11.0. The van der Waals surface area contributed by atoms with Crippen molar-refractivity contribution in [3.8, 4) is 11.5 Å². The van der Waals surface area contributed by atoms with E-state index in [4.69, 9.17) is 14.6 Å². The van der Waals surface area contributed by atoms with Crippen LogP contribution in [0.1, 0.15) is 55.3 Å². The van der Waals surface area contributed by atoms with E-state index in [1.165, 1.54) is 12.0 Å². The van der Waals surface area contributed by atoms with Crippen LogP contribution < -0.4 is 9.47 Å². The van der Waals surface area contributed by atoms with Gasteiger partial charge >= 0.3 is 0 Å². The first-order valence-electron chi connectivity index (χ1n) is 11.4. The van der Waals surface area contributed by atoms with Crippen LogP contribution in [0.4, 0.5) is 0 Å². The van der Waals surface area contributed by atoms with E-state index in [1.54, 1.807) is 19.2 Å². The quantitative estimate of drug-likeness (QED) is 0.667. The summed E-state index contributed by atoms with van der Waals surface area (Å²) in [5, 5.41) is 6.52. The molecule has 2 aliphatic heterocycles. The predicted octanol–water partition coefficient (Wildman–Crippen LogP) is 4.56. The minimum absolute atomic E-state index is 0.0312. The molecule has 0 spiro atoms. The van der Waals surface area contributed by atoms with E-state index in [2.05, 4.69) is 43.0 Å². The fraction of sp³-hybridized carbons (Fsp3) is 0.462. The van der Waals surface area contributed by atoms with Crippen LogP contribution in [-0.4, -0.2) is 54.9 Å². The third kappa shape index (κ3) is 4.65. The Morgan fingerprint density at radius 1 is 1.09 bits per heavy atom. The number of carbonyl (C=O) groups excluding carboxylic acids is 1. The third-order valence-electron chi connectivity index (χ3n) is 6.63. The van der Waals surface area contributed by atoms with Crippen molar-refractivity contribution in [1.29, 1.82) is 0 Å². The molecule has 170 valence electrons. The van der Waals surface area contributed by atoms with Gasteiger partial charge in [-0.15, -0.1) is 0 Å². The number of aryl methyl sites for hydroxylation is 1. The van der Waals surface area contributed by atoms with E-state index in [1.807, 2.05) is 18.2 Å². The molecule has 0 saturated carbocycles. The van der Waals surface area contributed by atoms with Gasteiger partial charge in [-0.1, -0.05) is 36.2 Å². The molecule has 2 unspecified atom stereocenters. The van der Waals surface area contributed by atoms with E-state index in [-0.39, 0.29) is 11.9 Å². The van der Waals surface area contributed by atoms with Crippen molar-refractivity contribution < 1.29 is 14.3 Å². The van der Waals surface area contributed by atoms with E-state index >= 15 is 0 Å². The molecule has 0 bridgehead atoms. The van der Waals surface area contributed by atoms with Crippen LogP contribution >= 0.6 is 0 Å². The Balaban J connectivity index is 1.66. The number of piperidine rings is 1. The molecule has 0 radical (unpaired) electrons. The first-order valence-corrected chi connectivity index (χ1v) is 11.4. The van der Waals surface area contributed by atoms with Gasteiger partial charge in [0.25, 0.3) is 5.91 Å². The SMILES string of the molecule is COc1ccc(C2CC(c3ccc(C)cc3)=NN2C(=O)CN2CCCCC2C)c(OC)c1. The van der Waals surface area contributed by atoms with Gasteiger partial charge in [-0.2, -0.15) is 5.10 Å². The van der Waals surface area contributed by atoms with Gasteiger partial charge in [-0.3, -0.25) is 9.69 Å². The summed E-state index contributed by atoms with van der Waals surface area (Å²) in [5.74, 6) is 1.46. The first-order chi connectivity index (χ1) is 15.5. The zero-order chi connectivity index (χ0) is 22.7. The zero-order valence-corrected chi connectivity index (χ0v) is 19.5. The van der Waals surface area contributed by atoms with Crippen LogP contribution in [0.25, 0.3) is 0 Å². The summed E-state index contributed by atoms with van der Waals surface area (Å²) in [6.07, 6.45) is 4.16. The van der Waals surface area contributed by atoms with E-state index in [0.29, 0.717) is 24.8 Å². The predicted molar refractivity (Wildman–Crippen MR) is 126 cm³/mol. The Labute approximate surface area is 190 Å². The average molecular weight is 436 g/mol. The molecule has 1 fully saturated rings. The molecule has 1 amide bonds. The van der Waals surface area contributed by atoms with Gasteiger partial charge in [0, 0.05) is 24.1 Å². The number of hydrazone groups is 1. The fourth-order valence-electron chi connectivity index (χ4n) is 4.64. The Bertz CT molecular complexity index is 986. The summed E-state index contributed by atoms with van der Waals surface area (Å²) in [6.45, 7) is 5.63. The lowest BCUT2D eigenvalue weighted by atomic mass is 9.97. The number of likely N-dealkylation sites (tertiary alicyclic amines) is 1. The van der Waals surface area contributed by atoms with Crippen molar-refractivity contribution in [3.63, 3.8) is 0 Å². The molecular formula is C26H33N3O3. The Morgan fingerprint density at radius 2 is 1.88 bits per heavy atom. The standard InChI is InChI=1S/C26H33N3O3/c1-18-8-10-20(11-9-18)23-16-24(22-13-12-21(31-3)15-25(22)32-4)29(27-23)26(30)17-28-14-6-5-7-19(28)2/h8-13,15,19,24H,5-7,14,16-17H2,1-4H3. The normalized spacial score (nSPS) is 21.4. The van der Waals surface area contributed by atoms with Crippen molar-refractivity contribution in [1.82, 2.24) is 9.91 Å². The highest BCUT2D eigenvalue weighted by Gasteiger charge is 2.36. The minimum atomic E-state index is -0.209. The summed E-state index contributed by atoms with van der Waals surface area (Å²) in [4.78, 5) is 15.8. The molecule has 4 rings (SSSR count). The summed E-state index contributed by atoms with van der Waals surface area (Å²) in [5.41, 5.74) is 4.12. The van der Waals surface area contributed by atoms with Crippen molar-refractivity contribution in [2.45, 2.75) is 51.6 Å². The number of methoxy groups -OCH3 is 2. The van der Waals surface area contributed by atoms with Gasteiger partial charge in [0.2, 0.25) is 0 Å². The van der Waals surface area contributed by atoms with Gasteiger partial charge in [0.05, 0.1) is 32.5 Å². The van der Waals surface area contributed by atoms with E-state index in [9.17, 15) is 4.79 Å². The van der Waals surface area contributed by atoms with Gasteiger partial charge in [-0.25, -0.2) is 5.01 Å². The van der Waals surface area contributed by atoms with Gasteiger partial charge in [0.1, 0.15) is 11.5 Å². The number of hydrogen-bond donors (Lipinski definition) is 0. The van der Waals surface area contributed by atoms with Crippen LogP contribution in [0, 0.1) is 6.92 Å². The summed E-state index contributed by atoms with van der Waals surface area (Å²) in [7, 11) is 3.29. The third-order valence-corrected chi connectivity index (χ3v) is 6.63. The topological polar surface area (TPSA) is 54.4 Å². The summed E-state index contributed by atoms with van der Waals surface area (Å²) in [6, 6.07) is 14.3. The first kappa shape index (κ1) is 22.3. The smallest absolute Gasteiger partial charge is 0.257 e. The van der Waals surface area contributed by atoms with Gasteiger partial charge in [0.15, 0.2) is 0 Å². The molecule has 2 atom stereocenters. The summed E-state index contributed by atoms with van der Waals surface area (Å²) >= 11 is 0. The van der Waals surface area contributed by atoms with E-state index in [0.717, 1.165) is 42.0 Å². The van der Waals surface area contributed by atoms with Crippen LogP contribution in [0.5, 0.6) is 11.5 Å². The van der Waals surface area contributed by atoms with Gasteiger partial charge < -0.3 is 9.47 Å². The highest BCUT2D eigenvalue weighted by Crippen LogP contribution is 2.39. The molecular weight excluding hydrogens is 402 g/mol. The average Bonchev–Trinajstić information content (AvgIpc) is 3.26. The maximum absolute atomic E-state index is 13.5. The lowest BCUT2D eigenvalue weighted by Gasteiger charge is -2.34. The number of benzene rings is 2. The van der Waals surface area contributed by atoms with Crippen LogP contribution in [0.15, 0.2) is 47.6 Å². The Kier molecular flexibility index (Phi) is 6.80. The highest BCUT2D eigenvalue weighted by atomic mass is 16.5. The fourth-order valence-corrected chi connectivity index (χ4v) is 4.64. The van der Waals surface area contributed by atoms with Crippen LogP contribution in [-0.2, 0) is 4.79 Å². The minimum Gasteiger partial charge on any atom is -0.497 e. The highest BCUT2D eigenvalue weighted by molar-refractivity contribution is 6.03. The zero-order valence-electron chi connectivity index (χ0n) is 19.5. The maximum atomic E-state index is 13.5. The van der Waals surface area contributed by atoms with Gasteiger partial charge in [-0.05, 0) is 50.9 Å². The number of hydrogen-bond acceptors (Lipinski definition) is 5. The van der Waals surface area contributed by atoms with E-state index < -0.39 is 0 Å². The second-order valence-electron chi connectivity index (χ2n) is 8.79. The molecule has 0 N–H and O–H groups in total. The van der Waals surface area contributed by atoms with Crippen molar-refractivity contribution >= 4 is 11.6 Å². The number of carbonyl (C=O) groups is 1.